The molecule has 2 aliphatic carbocycles. The molecule has 4 heterocycles. The van der Waals surface area contributed by atoms with Gasteiger partial charge in [0.05, 0.1) is 24.6 Å². The van der Waals surface area contributed by atoms with Crippen molar-refractivity contribution in [1.82, 2.24) is 34.2 Å². The van der Waals surface area contributed by atoms with E-state index in [-0.39, 0.29) is 29.6 Å². The van der Waals surface area contributed by atoms with Crippen molar-refractivity contribution in [3.8, 4) is 0 Å². The Bertz CT molecular complexity index is 1560. The molecule has 1 aromatic carbocycles. The Hall–Kier alpha value is -3.42. The van der Waals surface area contributed by atoms with E-state index in [2.05, 4.69) is 32.5 Å². The summed E-state index contributed by atoms with van der Waals surface area (Å²) in [6.45, 7) is 7.58. The molecule has 2 saturated heterocycles. The molecule has 2 aliphatic heterocycles. The molecule has 2 N–H and O–H groups in total. The number of anilines is 3. The second-order valence-corrected chi connectivity index (χ2v) is 14.5. The molecule has 2 aromatic heterocycles. The van der Waals surface area contributed by atoms with E-state index >= 15 is 0 Å². The van der Waals surface area contributed by atoms with Crippen LogP contribution < -0.4 is 10.6 Å². The number of halogens is 2. The molecular weight excluding hydrogens is 628 g/mol. The van der Waals surface area contributed by atoms with Gasteiger partial charge in [-0.15, -0.1) is 0 Å². The second-order valence-electron chi connectivity index (χ2n) is 14.5. The van der Waals surface area contributed by atoms with Crippen LogP contribution in [0, 0.1) is 17.6 Å². The number of carbonyl (C=O) groups is 1. The third-order valence-corrected chi connectivity index (χ3v) is 11.1. The molecule has 266 valence electrons. The predicted octanol–water partition coefficient (Wildman–Crippen LogP) is 5.58. The molecule has 11 nitrogen and oxygen atoms in total. The van der Waals surface area contributed by atoms with Gasteiger partial charge in [-0.05, 0) is 96.5 Å². The number of hydrogen-bond donors (Lipinski definition) is 2. The summed E-state index contributed by atoms with van der Waals surface area (Å²) >= 11 is 0. The first kappa shape index (κ1) is 34.0. The zero-order valence-corrected chi connectivity index (χ0v) is 28.8. The zero-order chi connectivity index (χ0) is 33.7. The molecule has 13 heteroatoms. The van der Waals surface area contributed by atoms with Crippen LogP contribution in [0.1, 0.15) is 76.7 Å². The minimum absolute atomic E-state index is 0.00359. The van der Waals surface area contributed by atoms with Gasteiger partial charge in [-0.3, -0.25) is 9.36 Å². The minimum Gasteiger partial charge on any atom is -0.377 e. The first-order valence-corrected chi connectivity index (χ1v) is 18.4. The van der Waals surface area contributed by atoms with E-state index in [0.717, 1.165) is 96.8 Å². The van der Waals surface area contributed by atoms with Crippen LogP contribution in [0.2, 0.25) is 0 Å². The van der Waals surface area contributed by atoms with Crippen molar-refractivity contribution in [2.24, 2.45) is 5.92 Å². The van der Waals surface area contributed by atoms with Crippen LogP contribution in [0.3, 0.4) is 0 Å². The standard InChI is InChI=1S/C36H51F2N9O2/c1-44-17-19-46(20-18-44)34(48)25-5-10-28(11-6-25)47-33-32(42-36(47)41-31-14-7-26(37)23-30(31)38)24-39-35(43-33)40-27-8-12-29(13-9-27)49-22-21-45-15-3-2-4-16-45/h7,14,23-25,27-29H,2-6,8-13,15-22H2,1H3,(H,41,42)(H,39,40,43)/t25-,27-,28+,29-. The maximum absolute atomic E-state index is 14.8. The Morgan fingerprint density at radius 1 is 0.918 bits per heavy atom. The van der Waals surface area contributed by atoms with Gasteiger partial charge in [0.15, 0.2) is 5.65 Å². The fourth-order valence-corrected chi connectivity index (χ4v) is 8.06. The van der Waals surface area contributed by atoms with Gasteiger partial charge in [0.1, 0.15) is 17.2 Å². The van der Waals surface area contributed by atoms with E-state index in [1.165, 1.54) is 44.5 Å². The van der Waals surface area contributed by atoms with E-state index < -0.39 is 11.6 Å². The van der Waals surface area contributed by atoms with E-state index in [4.69, 9.17) is 14.7 Å². The summed E-state index contributed by atoms with van der Waals surface area (Å²) in [5, 5.41) is 6.68. The number of aromatic nitrogens is 4. The van der Waals surface area contributed by atoms with Gasteiger partial charge >= 0.3 is 0 Å². The lowest BCUT2D eigenvalue weighted by atomic mass is 9.85. The van der Waals surface area contributed by atoms with Crippen LogP contribution in [0.25, 0.3) is 11.2 Å². The molecule has 0 unspecified atom stereocenters. The Morgan fingerprint density at radius 3 is 2.41 bits per heavy atom. The Balaban J connectivity index is 1.03. The topological polar surface area (TPSA) is 104 Å². The highest BCUT2D eigenvalue weighted by Crippen LogP contribution is 2.38. The number of ether oxygens (including phenoxy) is 1. The molecular formula is C36H51F2N9O2. The molecule has 4 aliphatic rings. The fourth-order valence-electron chi connectivity index (χ4n) is 8.06. The maximum Gasteiger partial charge on any atom is 0.225 e. The number of rotatable bonds is 10. The highest BCUT2D eigenvalue weighted by atomic mass is 19.1. The number of imidazole rings is 1. The number of hydrogen-bond acceptors (Lipinski definition) is 9. The van der Waals surface area contributed by atoms with Gasteiger partial charge in [-0.25, -0.2) is 18.7 Å². The quantitative estimate of drug-likeness (QED) is 0.284. The number of amides is 1. The molecule has 49 heavy (non-hydrogen) atoms. The van der Waals surface area contributed by atoms with Crippen molar-refractivity contribution < 1.29 is 18.3 Å². The van der Waals surface area contributed by atoms with Gasteiger partial charge in [0.25, 0.3) is 0 Å². The summed E-state index contributed by atoms with van der Waals surface area (Å²) in [5.41, 5.74) is 1.39. The lowest BCUT2D eigenvalue weighted by molar-refractivity contribution is -0.138. The molecule has 0 atom stereocenters. The lowest BCUT2D eigenvalue weighted by Crippen LogP contribution is -2.49. The third-order valence-electron chi connectivity index (χ3n) is 11.1. The Labute approximate surface area is 287 Å². The van der Waals surface area contributed by atoms with Crippen molar-refractivity contribution in [2.45, 2.75) is 88.8 Å². The van der Waals surface area contributed by atoms with E-state index in [9.17, 15) is 13.6 Å². The summed E-state index contributed by atoms with van der Waals surface area (Å²) < 4.78 is 36.8. The Morgan fingerprint density at radius 2 is 1.67 bits per heavy atom. The molecule has 0 spiro atoms. The monoisotopic (exact) mass is 679 g/mol. The van der Waals surface area contributed by atoms with Crippen molar-refractivity contribution in [3.63, 3.8) is 0 Å². The van der Waals surface area contributed by atoms with Gasteiger partial charge in [0.2, 0.25) is 17.8 Å². The predicted molar refractivity (Wildman–Crippen MR) is 186 cm³/mol. The summed E-state index contributed by atoms with van der Waals surface area (Å²) in [4.78, 5) is 34.5. The first-order valence-electron chi connectivity index (χ1n) is 18.4. The summed E-state index contributed by atoms with van der Waals surface area (Å²) in [6, 6.07) is 3.72. The Kier molecular flexibility index (Phi) is 10.9. The second kappa shape index (κ2) is 15.6. The first-order chi connectivity index (χ1) is 23.9. The number of likely N-dealkylation sites (N-methyl/N-ethyl adjacent to an activating group) is 1. The highest BCUT2D eigenvalue weighted by molar-refractivity contribution is 5.79. The van der Waals surface area contributed by atoms with Crippen LogP contribution in [0.15, 0.2) is 24.4 Å². The lowest BCUT2D eigenvalue weighted by Gasteiger charge is -2.37. The summed E-state index contributed by atoms with van der Waals surface area (Å²) in [6.07, 6.45) is 13.0. The number of piperidine rings is 1. The van der Waals surface area contributed by atoms with Gasteiger partial charge in [-0.1, -0.05) is 6.42 Å². The number of carbonyl (C=O) groups excluding carboxylic acids is 1. The van der Waals surface area contributed by atoms with Gasteiger partial charge < -0.3 is 30.1 Å². The summed E-state index contributed by atoms with van der Waals surface area (Å²) in [7, 11) is 2.09. The number of benzene rings is 1. The van der Waals surface area contributed by atoms with Crippen molar-refractivity contribution in [2.75, 3.05) is 70.1 Å². The average molecular weight is 680 g/mol. The van der Waals surface area contributed by atoms with Crippen molar-refractivity contribution in [1.29, 1.82) is 0 Å². The largest absolute Gasteiger partial charge is 0.377 e. The van der Waals surface area contributed by atoms with Crippen LogP contribution in [-0.2, 0) is 9.53 Å². The van der Waals surface area contributed by atoms with E-state index in [0.29, 0.717) is 29.2 Å². The SMILES string of the molecule is CN1CCN(C(=O)[C@H]2CC[C@@H](n3c(Nc4ccc(F)cc4F)nc4cnc(N[C@H]5CC[C@H](OCCN6CCCCC6)CC5)nc43)CC2)CC1. The molecule has 2 saturated carbocycles. The van der Waals surface area contributed by atoms with E-state index in [1.807, 2.05) is 9.47 Å². The normalized spacial score (nSPS) is 25.8. The van der Waals surface area contributed by atoms with Crippen LogP contribution >= 0.6 is 0 Å². The molecule has 3 aromatic rings. The van der Waals surface area contributed by atoms with Crippen LogP contribution in [-0.4, -0.2) is 112 Å². The number of nitrogens with zero attached hydrogens (tertiary/aromatic N) is 7. The minimum atomic E-state index is -0.695. The number of fused-ring (bicyclic) bond motifs is 1. The van der Waals surface area contributed by atoms with Gasteiger partial charge in [-0.2, -0.15) is 4.98 Å². The van der Waals surface area contributed by atoms with E-state index in [1.54, 1.807) is 6.20 Å². The molecule has 0 bridgehead atoms. The van der Waals surface area contributed by atoms with Gasteiger partial charge in [0, 0.05) is 56.8 Å². The molecule has 7 rings (SSSR count). The number of piperazine rings is 1. The molecule has 4 fully saturated rings. The van der Waals surface area contributed by atoms with Crippen molar-refractivity contribution in [3.05, 3.63) is 36.0 Å². The fraction of sp³-hybridized carbons (Fsp3) is 0.667. The maximum atomic E-state index is 14.8. The molecule has 1 amide bonds. The third kappa shape index (κ3) is 8.32. The highest BCUT2D eigenvalue weighted by Gasteiger charge is 2.33. The average Bonchev–Trinajstić information content (AvgIpc) is 3.48. The van der Waals surface area contributed by atoms with Crippen LogP contribution in [0.5, 0.6) is 0 Å². The molecule has 0 radical (unpaired) electrons. The van der Waals surface area contributed by atoms with Crippen LogP contribution in [0.4, 0.5) is 26.4 Å². The zero-order valence-electron chi connectivity index (χ0n) is 28.8. The smallest absolute Gasteiger partial charge is 0.225 e. The van der Waals surface area contributed by atoms with Crippen molar-refractivity contribution >= 4 is 34.7 Å². The number of nitrogens with one attached hydrogen (secondary N) is 2. The summed E-state index contributed by atoms with van der Waals surface area (Å²) in [5.74, 6) is -0.107. The number of likely N-dealkylation sites (tertiary alicyclic amines) is 1.